The number of aromatic nitrogens is 3. The van der Waals surface area contributed by atoms with Crippen LogP contribution in [0, 0.1) is 0 Å². The third-order valence-electron chi connectivity index (χ3n) is 2.41. The van der Waals surface area contributed by atoms with Crippen LogP contribution in [0.3, 0.4) is 0 Å². The minimum atomic E-state index is -0.859. The molecule has 0 bridgehead atoms. The second-order valence-electron chi connectivity index (χ2n) is 3.64. The van der Waals surface area contributed by atoms with Crippen LogP contribution in [0.15, 0.2) is 18.2 Å². The Kier molecular flexibility index (Phi) is 2.47. The molecular weight excluding hydrogens is 208 g/mol. The first-order valence-electron chi connectivity index (χ1n) is 4.80. The second-order valence-corrected chi connectivity index (χ2v) is 3.64. The lowest BCUT2D eigenvalue weighted by atomic mass is 10.2. The van der Waals surface area contributed by atoms with E-state index >= 15 is 0 Å². The van der Waals surface area contributed by atoms with Crippen LogP contribution in [0.2, 0.25) is 0 Å². The first-order chi connectivity index (χ1) is 7.58. The number of rotatable bonds is 3. The van der Waals surface area contributed by atoms with Crippen LogP contribution in [-0.4, -0.2) is 39.7 Å². The molecule has 84 valence electrons. The molecule has 0 atom stereocenters. The summed E-state index contributed by atoms with van der Waals surface area (Å²) >= 11 is 0. The quantitative estimate of drug-likeness (QED) is 0.815. The summed E-state index contributed by atoms with van der Waals surface area (Å²) in [6.45, 7) is -0.0359. The number of hydrogen-bond donors (Lipinski definition) is 1. The van der Waals surface area contributed by atoms with Crippen molar-refractivity contribution in [2.45, 2.75) is 0 Å². The highest BCUT2D eigenvalue weighted by Crippen LogP contribution is 2.18. The summed E-state index contributed by atoms with van der Waals surface area (Å²) in [7, 11) is 3.54. The van der Waals surface area contributed by atoms with Crippen LogP contribution < -0.4 is 4.90 Å². The standard InChI is InChI=1S/C10H12N4O2/c1-13(6-10(15)16)7-3-4-9-8(5-7)11-12-14(9)2/h3-5H,6H2,1-2H3,(H,15,16). The van der Waals surface area contributed by atoms with E-state index in [4.69, 9.17) is 5.11 Å². The fraction of sp³-hybridized carbons (Fsp3) is 0.300. The molecule has 1 heterocycles. The number of likely N-dealkylation sites (N-methyl/N-ethyl adjacent to an activating group) is 1. The van der Waals surface area contributed by atoms with Crippen molar-refractivity contribution in [2.24, 2.45) is 7.05 Å². The molecule has 0 spiro atoms. The van der Waals surface area contributed by atoms with Gasteiger partial charge in [-0.25, -0.2) is 4.68 Å². The van der Waals surface area contributed by atoms with Crippen molar-refractivity contribution in [1.29, 1.82) is 0 Å². The van der Waals surface area contributed by atoms with Crippen LogP contribution in [0.4, 0.5) is 5.69 Å². The number of carbonyl (C=O) groups is 1. The number of hydrogen-bond acceptors (Lipinski definition) is 4. The zero-order chi connectivity index (χ0) is 11.7. The van der Waals surface area contributed by atoms with Gasteiger partial charge in [-0.3, -0.25) is 4.79 Å². The van der Waals surface area contributed by atoms with Gasteiger partial charge in [0.2, 0.25) is 0 Å². The molecule has 16 heavy (non-hydrogen) atoms. The Bertz CT molecular complexity index is 535. The lowest BCUT2D eigenvalue weighted by Gasteiger charge is -2.16. The molecule has 1 aromatic carbocycles. The number of anilines is 1. The normalized spacial score (nSPS) is 10.6. The summed E-state index contributed by atoms with van der Waals surface area (Å²) in [5.41, 5.74) is 2.50. The predicted octanol–water partition coefficient (Wildman–Crippen LogP) is 0.489. The minimum Gasteiger partial charge on any atom is -0.480 e. The zero-order valence-electron chi connectivity index (χ0n) is 9.08. The van der Waals surface area contributed by atoms with Gasteiger partial charge in [0.15, 0.2) is 0 Å². The Morgan fingerprint density at radius 1 is 1.56 bits per heavy atom. The zero-order valence-corrected chi connectivity index (χ0v) is 9.08. The molecule has 0 aliphatic rings. The fourth-order valence-electron chi connectivity index (χ4n) is 1.56. The van der Waals surface area contributed by atoms with E-state index in [9.17, 15) is 4.79 Å². The van der Waals surface area contributed by atoms with Gasteiger partial charge in [0.25, 0.3) is 0 Å². The Balaban J connectivity index is 2.35. The van der Waals surface area contributed by atoms with Gasteiger partial charge in [0, 0.05) is 19.8 Å². The third kappa shape index (κ3) is 1.81. The van der Waals surface area contributed by atoms with Crippen LogP contribution in [0.5, 0.6) is 0 Å². The minimum absolute atomic E-state index is 0.0359. The maximum absolute atomic E-state index is 10.6. The molecule has 0 fully saturated rings. The number of aryl methyl sites for hydroxylation is 1. The number of fused-ring (bicyclic) bond motifs is 1. The molecule has 1 aromatic heterocycles. The summed E-state index contributed by atoms with van der Waals surface area (Å²) in [4.78, 5) is 12.2. The maximum atomic E-state index is 10.6. The molecule has 0 aliphatic heterocycles. The highest BCUT2D eigenvalue weighted by molar-refractivity contribution is 5.80. The molecule has 0 aliphatic carbocycles. The first kappa shape index (κ1) is 10.4. The van der Waals surface area contributed by atoms with E-state index in [0.29, 0.717) is 0 Å². The molecule has 0 saturated heterocycles. The number of carboxylic acids is 1. The van der Waals surface area contributed by atoms with Crippen molar-refractivity contribution >= 4 is 22.7 Å². The van der Waals surface area contributed by atoms with Gasteiger partial charge < -0.3 is 10.0 Å². The van der Waals surface area contributed by atoms with Crippen molar-refractivity contribution in [3.8, 4) is 0 Å². The number of benzene rings is 1. The van der Waals surface area contributed by atoms with E-state index in [0.717, 1.165) is 16.7 Å². The smallest absolute Gasteiger partial charge is 0.323 e. The third-order valence-corrected chi connectivity index (χ3v) is 2.41. The monoisotopic (exact) mass is 220 g/mol. The van der Waals surface area contributed by atoms with Gasteiger partial charge in [-0.1, -0.05) is 5.21 Å². The van der Waals surface area contributed by atoms with E-state index < -0.39 is 5.97 Å². The molecule has 6 nitrogen and oxygen atoms in total. The van der Waals surface area contributed by atoms with Crippen LogP contribution in [0.25, 0.3) is 11.0 Å². The SMILES string of the molecule is CN(CC(=O)O)c1ccc2c(c1)nnn2C. The fourth-order valence-corrected chi connectivity index (χ4v) is 1.56. The highest BCUT2D eigenvalue weighted by Gasteiger charge is 2.08. The van der Waals surface area contributed by atoms with Crippen molar-refractivity contribution < 1.29 is 9.90 Å². The summed E-state index contributed by atoms with van der Waals surface area (Å²) in [6.07, 6.45) is 0. The summed E-state index contributed by atoms with van der Waals surface area (Å²) in [5, 5.41) is 16.6. The Morgan fingerprint density at radius 3 is 3.00 bits per heavy atom. The van der Waals surface area contributed by atoms with E-state index in [1.165, 1.54) is 0 Å². The number of carboxylic acid groups (broad SMARTS) is 1. The topological polar surface area (TPSA) is 71.2 Å². The van der Waals surface area contributed by atoms with Gasteiger partial charge in [-0.05, 0) is 18.2 Å². The van der Waals surface area contributed by atoms with Gasteiger partial charge >= 0.3 is 5.97 Å². The molecule has 2 rings (SSSR count). The lowest BCUT2D eigenvalue weighted by Crippen LogP contribution is -2.24. The van der Waals surface area contributed by atoms with Crippen LogP contribution >= 0.6 is 0 Å². The second kappa shape index (κ2) is 3.80. The predicted molar refractivity (Wildman–Crippen MR) is 59.4 cm³/mol. The summed E-state index contributed by atoms with van der Waals surface area (Å²) < 4.78 is 1.68. The Morgan fingerprint density at radius 2 is 2.31 bits per heavy atom. The molecule has 0 saturated carbocycles. The number of nitrogens with zero attached hydrogens (tertiary/aromatic N) is 4. The van der Waals surface area contributed by atoms with E-state index in [1.807, 2.05) is 25.2 Å². The lowest BCUT2D eigenvalue weighted by molar-refractivity contribution is -0.135. The average molecular weight is 220 g/mol. The molecule has 1 N–H and O–H groups in total. The Labute approximate surface area is 92.1 Å². The van der Waals surface area contributed by atoms with Crippen LogP contribution in [0.1, 0.15) is 0 Å². The van der Waals surface area contributed by atoms with Crippen molar-refractivity contribution in [3.63, 3.8) is 0 Å². The van der Waals surface area contributed by atoms with E-state index in [2.05, 4.69) is 10.3 Å². The molecule has 2 aromatic rings. The molecule has 0 radical (unpaired) electrons. The average Bonchev–Trinajstić information content (AvgIpc) is 2.59. The van der Waals surface area contributed by atoms with Crippen molar-refractivity contribution in [2.75, 3.05) is 18.5 Å². The van der Waals surface area contributed by atoms with E-state index in [-0.39, 0.29) is 6.54 Å². The molecule has 0 amide bonds. The van der Waals surface area contributed by atoms with Crippen molar-refractivity contribution in [3.05, 3.63) is 18.2 Å². The Hall–Kier alpha value is -2.11. The molecular formula is C10H12N4O2. The summed E-state index contributed by atoms with van der Waals surface area (Å²) in [6, 6.07) is 5.56. The van der Waals surface area contributed by atoms with Gasteiger partial charge in [0.1, 0.15) is 12.1 Å². The molecule has 6 heteroatoms. The van der Waals surface area contributed by atoms with Gasteiger partial charge in [-0.15, -0.1) is 5.10 Å². The van der Waals surface area contributed by atoms with E-state index in [1.54, 1.807) is 16.6 Å². The highest BCUT2D eigenvalue weighted by atomic mass is 16.4. The number of aliphatic carboxylic acids is 1. The summed E-state index contributed by atoms with van der Waals surface area (Å²) in [5.74, 6) is -0.859. The van der Waals surface area contributed by atoms with Gasteiger partial charge in [0.05, 0.1) is 5.52 Å². The first-order valence-corrected chi connectivity index (χ1v) is 4.80. The maximum Gasteiger partial charge on any atom is 0.323 e. The van der Waals surface area contributed by atoms with Crippen molar-refractivity contribution in [1.82, 2.24) is 15.0 Å². The molecule has 0 unspecified atom stereocenters. The largest absolute Gasteiger partial charge is 0.480 e. The van der Waals surface area contributed by atoms with Gasteiger partial charge in [-0.2, -0.15) is 0 Å². The van der Waals surface area contributed by atoms with Crippen LogP contribution in [-0.2, 0) is 11.8 Å².